The first-order chi connectivity index (χ1) is 43.0. The molecule has 90 heavy (non-hydrogen) atoms. The standard InChI is InChI=1S/C25H26N4O5.C24H24N2O4.C17H17Cl2NO2.C3H6O/c1-15(2)24(31)28-21-13-22(30)20(14-23(21)34-19-11-9-18(33-4)10-12-19)29-25(32)27-17-7-5-16(26-3)6-8-17;1-3-22(30-19-11-7-8-16(2)14-19)24(29)25-18-12-13-20(21(27)15-18)26-23(28)17-9-5-4-6-10-17;1-4-11-13(18)8-14(16(21)15(11)19)20-17(22)12-6-5-9(2)7-10(12)3;1-2-3-4/h5-15,30H,3H2,1-2,4H3,(H,28,31)(H2,27,29,32);4-15,22,27H,3H2,1-2H3,(H,25,29)(H,26,28);5-8,21H,4H2,1-3H3,(H,20,22);3H,2H2,1H3. The molecule has 0 heterocycles. The van der Waals surface area contributed by atoms with Crippen LogP contribution in [0.2, 0.25) is 10.0 Å². The summed E-state index contributed by atoms with van der Waals surface area (Å²) in [6, 6.07) is 43.5. The van der Waals surface area contributed by atoms with E-state index in [-0.39, 0.29) is 80.3 Å². The zero-order chi connectivity index (χ0) is 66.0. The van der Waals surface area contributed by atoms with Crippen LogP contribution in [-0.2, 0) is 20.8 Å². The van der Waals surface area contributed by atoms with Gasteiger partial charge in [-0.1, -0.05) is 106 Å². The van der Waals surface area contributed by atoms with Crippen LogP contribution >= 0.6 is 23.2 Å². The predicted octanol–water partition coefficient (Wildman–Crippen LogP) is 16.2. The summed E-state index contributed by atoms with van der Waals surface area (Å²) in [6.45, 7) is 18.3. The van der Waals surface area contributed by atoms with E-state index in [1.807, 2.05) is 77.9 Å². The molecule has 0 aromatic heterocycles. The highest BCUT2D eigenvalue weighted by Gasteiger charge is 2.22. The van der Waals surface area contributed by atoms with Crippen LogP contribution in [0.3, 0.4) is 0 Å². The number of phenols is 3. The number of hydrogen-bond donors (Lipinski definition) is 9. The van der Waals surface area contributed by atoms with E-state index < -0.39 is 12.1 Å². The van der Waals surface area contributed by atoms with Crippen molar-refractivity contribution in [3.8, 4) is 40.2 Å². The Morgan fingerprint density at radius 1 is 0.600 bits per heavy atom. The molecule has 21 heteroatoms. The molecule has 0 fully saturated rings. The monoisotopic (exact) mass is 1260 g/mol. The number of amides is 6. The van der Waals surface area contributed by atoms with E-state index in [1.165, 1.54) is 30.3 Å². The van der Waals surface area contributed by atoms with Gasteiger partial charge in [0.05, 0.1) is 40.6 Å². The number of halogens is 2. The number of aldehydes is 1. The molecule has 0 bridgehead atoms. The average Bonchev–Trinajstić information content (AvgIpc) is 0.961. The smallest absolute Gasteiger partial charge is 0.323 e. The lowest BCUT2D eigenvalue weighted by Crippen LogP contribution is -2.32. The van der Waals surface area contributed by atoms with Crippen LogP contribution < -0.4 is 46.1 Å². The van der Waals surface area contributed by atoms with Gasteiger partial charge in [-0.3, -0.25) is 24.2 Å². The number of methoxy groups -OCH3 is 1. The van der Waals surface area contributed by atoms with Crippen LogP contribution in [-0.4, -0.2) is 71.2 Å². The molecule has 1 atom stereocenters. The topological polar surface area (TPSA) is 275 Å². The molecule has 0 saturated heterocycles. The Balaban J connectivity index is 0.000000243. The average molecular weight is 1260 g/mol. The quantitative estimate of drug-likeness (QED) is 0.0208. The highest BCUT2D eigenvalue weighted by Crippen LogP contribution is 2.41. The van der Waals surface area contributed by atoms with E-state index in [9.17, 15) is 44.1 Å². The molecule has 0 aliphatic heterocycles. The molecule has 6 amide bonds. The van der Waals surface area contributed by atoms with E-state index in [1.54, 1.807) is 112 Å². The van der Waals surface area contributed by atoms with Crippen LogP contribution in [0.15, 0.2) is 163 Å². The van der Waals surface area contributed by atoms with Gasteiger partial charge in [0.15, 0.2) is 17.6 Å². The highest BCUT2D eigenvalue weighted by atomic mass is 35.5. The van der Waals surface area contributed by atoms with Gasteiger partial charge in [0.1, 0.15) is 35.0 Å². The number of phenolic OH excluding ortho intramolecular Hbond substituents is 3. The number of ether oxygens (including phenoxy) is 3. The number of anilines is 6. The lowest BCUT2D eigenvalue weighted by Gasteiger charge is -2.18. The Morgan fingerprint density at radius 3 is 1.82 bits per heavy atom. The molecular weight excluding hydrogens is 1190 g/mol. The summed E-state index contributed by atoms with van der Waals surface area (Å²) in [5, 5.41) is 47.5. The summed E-state index contributed by atoms with van der Waals surface area (Å²) in [5.41, 5.74) is 7.07. The van der Waals surface area contributed by atoms with Crippen molar-refractivity contribution in [3.63, 3.8) is 0 Å². The zero-order valence-corrected chi connectivity index (χ0v) is 52.8. The minimum absolute atomic E-state index is 0.0907. The molecule has 0 spiro atoms. The number of urea groups is 1. The maximum Gasteiger partial charge on any atom is 0.323 e. The molecule has 0 radical (unpaired) electrons. The van der Waals surface area contributed by atoms with Crippen LogP contribution in [0.1, 0.15) is 90.4 Å². The first-order valence-corrected chi connectivity index (χ1v) is 29.2. The van der Waals surface area contributed by atoms with Crippen molar-refractivity contribution in [2.45, 2.75) is 80.8 Å². The van der Waals surface area contributed by atoms with E-state index in [4.69, 9.17) is 37.4 Å². The first kappa shape index (κ1) is 70.4. The Kier molecular flexibility index (Phi) is 27.2. The Morgan fingerprint density at radius 2 is 1.23 bits per heavy atom. The molecular formula is C69H73Cl2N7O12. The summed E-state index contributed by atoms with van der Waals surface area (Å²) < 4.78 is 16.9. The first-order valence-electron chi connectivity index (χ1n) is 28.4. The van der Waals surface area contributed by atoms with Crippen molar-refractivity contribution in [1.29, 1.82) is 0 Å². The summed E-state index contributed by atoms with van der Waals surface area (Å²) in [6.07, 6.45) is 1.92. The molecule has 8 rings (SSSR count). The maximum atomic E-state index is 12.6. The maximum absolute atomic E-state index is 12.6. The molecule has 0 aliphatic carbocycles. The number of carbonyl (C=O) groups excluding carboxylic acids is 6. The van der Waals surface area contributed by atoms with Gasteiger partial charge in [-0.25, -0.2) is 4.79 Å². The summed E-state index contributed by atoms with van der Waals surface area (Å²) >= 11 is 12.2. The van der Waals surface area contributed by atoms with Gasteiger partial charge in [-0.2, -0.15) is 0 Å². The minimum atomic E-state index is -0.675. The van der Waals surface area contributed by atoms with Gasteiger partial charge in [-0.15, -0.1) is 0 Å². The van der Waals surface area contributed by atoms with Crippen LogP contribution in [0.5, 0.6) is 40.2 Å². The van der Waals surface area contributed by atoms with Gasteiger partial charge in [0.2, 0.25) is 5.91 Å². The number of benzene rings is 8. The fourth-order valence-electron chi connectivity index (χ4n) is 8.06. The van der Waals surface area contributed by atoms with Crippen molar-refractivity contribution in [2.24, 2.45) is 10.9 Å². The van der Waals surface area contributed by atoms with Crippen molar-refractivity contribution in [2.75, 3.05) is 39.0 Å². The van der Waals surface area contributed by atoms with E-state index in [0.29, 0.717) is 75.3 Å². The number of carbonyl (C=O) groups is 6. The number of aromatic hydroxyl groups is 3. The van der Waals surface area contributed by atoms with Gasteiger partial charge in [0.25, 0.3) is 17.7 Å². The lowest BCUT2D eigenvalue weighted by molar-refractivity contribution is -0.123. The Labute approximate surface area is 533 Å². The van der Waals surface area contributed by atoms with Crippen molar-refractivity contribution in [3.05, 3.63) is 201 Å². The van der Waals surface area contributed by atoms with Crippen LogP contribution in [0.4, 0.5) is 44.6 Å². The predicted molar refractivity (Wildman–Crippen MR) is 358 cm³/mol. The number of aliphatic imine (C=N–C) groups is 1. The SMILES string of the molecule is C=Nc1ccc(NC(=O)Nc2cc(Oc3ccc(OC)cc3)c(NC(=O)C(C)C)cc2O)cc1.CCC(Oc1cccc(C)c1)C(=O)Nc1ccc(NC(=O)c2ccccc2)c(O)c1.CCC=O.CCc1c(Cl)cc(NC(=O)c2ccc(C)cc2C)c(O)c1Cl. The molecule has 0 aliphatic rings. The number of rotatable bonds is 19. The van der Waals surface area contributed by atoms with Crippen LogP contribution in [0.25, 0.3) is 0 Å². The summed E-state index contributed by atoms with van der Waals surface area (Å²) in [5.74, 6) is -0.0954. The van der Waals surface area contributed by atoms with Crippen molar-refractivity contribution in [1.82, 2.24) is 0 Å². The molecule has 470 valence electrons. The molecule has 0 saturated carbocycles. The second-order valence-electron chi connectivity index (χ2n) is 20.2. The van der Waals surface area contributed by atoms with Crippen molar-refractivity contribution < 1.29 is 58.3 Å². The number of hydrogen-bond acceptors (Lipinski definition) is 13. The third kappa shape index (κ3) is 21.2. The van der Waals surface area contributed by atoms with Crippen molar-refractivity contribution >= 4 is 106 Å². The molecule has 8 aromatic rings. The number of aryl methyl sites for hydroxylation is 3. The van der Waals surface area contributed by atoms with Crippen LogP contribution in [0, 0.1) is 26.7 Å². The van der Waals surface area contributed by atoms with E-state index in [2.05, 4.69) is 43.6 Å². The lowest BCUT2D eigenvalue weighted by atomic mass is 10.0. The van der Waals surface area contributed by atoms with Gasteiger partial charge >= 0.3 is 6.03 Å². The van der Waals surface area contributed by atoms with Gasteiger partial charge in [0, 0.05) is 58.1 Å². The summed E-state index contributed by atoms with van der Waals surface area (Å²) in [4.78, 5) is 74.9. The normalized spacial score (nSPS) is 10.6. The van der Waals surface area contributed by atoms with E-state index >= 15 is 0 Å². The van der Waals surface area contributed by atoms with Gasteiger partial charge < -0.3 is 66.2 Å². The third-order valence-electron chi connectivity index (χ3n) is 12.9. The number of nitrogens with one attached hydrogen (secondary N) is 6. The zero-order valence-electron chi connectivity index (χ0n) is 51.3. The fraction of sp³-hybridized carbons (Fsp3) is 0.203. The molecule has 1 unspecified atom stereocenters. The molecule has 19 nitrogen and oxygen atoms in total. The third-order valence-corrected chi connectivity index (χ3v) is 13.6. The Hall–Kier alpha value is -10.4. The number of nitrogens with zero attached hydrogens (tertiary/aromatic N) is 1. The minimum Gasteiger partial charge on any atom is -0.506 e. The summed E-state index contributed by atoms with van der Waals surface area (Å²) in [7, 11) is 1.56. The second-order valence-corrected chi connectivity index (χ2v) is 21.0. The van der Waals surface area contributed by atoms with Gasteiger partial charge in [-0.05, 0) is 154 Å². The Bertz CT molecular complexity index is 3790. The van der Waals surface area contributed by atoms with E-state index in [0.717, 1.165) is 23.0 Å². The largest absolute Gasteiger partial charge is 0.506 e. The molecule has 9 N–H and O–H groups in total. The fourth-order valence-corrected chi connectivity index (χ4v) is 8.78. The second kappa shape index (κ2) is 34.8. The molecule has 8 aromatic carbocycles. The highest BCUT2D eigenvalue weighted by molar-refractivity contribution is 6.37.